The molecule has 0 N–H and O–H groups in total. The molecule has 24 heavy (non-hydrogen) atoms. The van der Waals surface area contributed by atoms with E-state index in [9.17, 15) is 4.79 Å². The molecule has 4 rings (SSSR count). The van der Waals surface area contributed by atoms with Gasteiger partial charge in [-0.25, -0.2) is 4.98 Å². The highest BCUT2D eigenvalue weighted by Gasteiger charge is 2.21. The molecule has 1 aromatic carbocycles. The van der Waals surface area contributed by atoms with Gasteiger partial charge in [0.05, 0.1) is 16.8 Å². The van der Waals surface area contributed by atoms with Gasteiger partial charge >= 0.3 is 0 Å². The lowest BCUT2D eigenvalue weighted by atomic mass is 10.0. The quantitative estimate of drug-likeness (QED) is 0.719. The van der Waals surface area contributed by atoms with Gasteiger partial charge in [0.15, 0.2) is 0 Å². The standard InChI is InChI=1S/C19H17N3OS/c23-19(22-9-11-24-12-10-22)16-13-18(14-5-7-20-8-6-14)21-17-4-2-1-3-15(16)17/h1-8,13H,9-12H2. The SMILES string of the molecule is O=C(c1cc(-c2ccncc2)nc2ccccc12)N1CCSCC1. The summed E-state index contributed by atoms with van der Waals surface area (Å²) in [6.07, 6.45) is 3.49. The Morgan fingerprint density at radius 2 is 1.79 bits per heavy atom. The van der Waals surface area contributed by atoms with Gasteiger partial charge in [-0.3, -0.25) is 9.78 Å². The molecule has 5 heteroatoms. The predicted molar refractivity (Wildman–Crippen MR) is 98.2 cm³/mol. The first-order chi connectivity index (χ1) is 11.8. The summed E-state index contributed by atoms with van der Waals surface area (Å²) in [5.41, 5.74) is 3.37. The van der Waals surface area contributed by atoms with E-state index in [4.69, 9.17) is 4.98 Å². The number of amides is 1. The first-order valence-electron chi connectivity index (χ1n) is 8.00. The smallest absolute Gasteiger partial charge is 0.254 e. The van der Waals surface area contributed by atoms with Crippen molar-refractivity contribution in [2.24, 2.45) is 0 Å². The lowest BCUT2D eigenvalue weighted by molar-refractivity contribution is 0.0774. The summed E-state index contributed by atoms with van der Waals surface area (Å²) in [4.78, 5) is 23.8. The van der Waals surface area contributed by atoms with Crippen LogP contribution in [0.1, 0.15) is 10.4 Å². The number of hydrogen-bond acceptors (Lipinski definition) is 4. The summed E-state index contributed by atoms with van der Waals surface area (Å²) in [5, 5.41) is 0.915. The van der Waals surface area contributed by atoms with Crippen LogP contribution in [0, 0.1) is 0 Å². The monoisotopic (exact) mass is 335 g/mol. The molecule has 0 atom stereocenters. The van der Waals surface area contributed by atoms with Crippen LogP contribution in [0.5, 0.6) is 0 Å². The van der Waals surface area contributed by atoms with E-state index in [0.29, 0.717) is 0 Å². The second-order valence-corrected chi connectivity index (χ2v) is 6.94. The number of nitrogens with zero attached hydrogens (tertiary/aromatic N) is 3. The Hall–Kier alpha value is -2.40. The van der Waals surface area contributed by atoms with E-state index in [1.54, 1.807) is 12.4 Å². The van der Waals surface area contributed by atoms with Gasteiger partial charge in [0.1, 0.15) is 0 Å². The second-order valence-electron chi connectivity index (χ2n) is 5.71. The van der Waals surface area contributed by atoms with Gasteiger partial charge < -0.3 is 4.90 Å². The van der Waals surface area contributed by atoms with Crippen molar-refractivity contribution in [2.75, 3.05) is 24.6 Å². The van der Waals surface area contributed by atoms with Crippen LogP contribution in [-0.4, -0.2) is 45.4 Å². The van der Waals surface area contributed by atoms with E-state index in [1.165, 1.54) is 0 Å². The van der Waals surface area contributed by atoms with Gasteiger partial charge in [0.25, 0.3) is 5.91 Å². The molecule has 1 amide bonds. The number of hydrogen-bond donors (Lipinski definition) is 0. The van der Waals surface area contributed by atoms with Gasteiger partial charge in [-0.2, -0.15) is 11.8 Å². The van der Waals surface area contributed by atoms with E-state index >= 15 is 0 Å². The van der Waals surface area contributed by atoms with E-state index in [2.05, 4.69) is 4.98 Å². The molecule has 3 heterocycles. The average molecular weight is 335 g/mol. The molecule has 0 spiro atoms. The summed E-state index contributed by atoms with van der Waals surface area (Å²) in [6.45, 7) is 1.62. The molecule has 2 aromatic heterocycles. The Bertz CT molecular complexity index is 876. The summed E-state index contributed by atoms with van der Waals surface area (Å²) in [7, 11) is 0. The average Bonchev–Trinajstić information content (AvgIpc) is 2.68. The van der Waals surface area contributed by atoms with E-state index in [0.717, 1.165) is 52.3 Å². The highest BCUT2D eigenvalue weighted by molar-refractivity contribution is 7.99. The fourth-order valence-corrected chi connectivity index (χ4v) is 3.86. The van der Waals surface area contributed by atoms with Crippen LogP contribution in [0.25, 0.3) is 22.2 Å². The summed E-state index contributed by atoms with van der Waals surface area (Å²) in [6, 6.07) is 13.6. The molecule has 1 aliphatic rings. The minimum atomic E-state index is 0.101. The highest BCUT2D eigenvalue weighted by atomic mass is 32.2. The first kappa shape index (κ1) is 15.1. The summed E-state index contributed by atoms with van der Waals surface area (Å²) >= 11 is 1.90. The summed E-state index contributed by atoms with van der Waals surface area (Å²) in [5.74, 6) is 2.11. The van der Waals surface area contributed by atoms with Crippen molar-refractivity contribution in [3.8, 4) is 11.3 Å². The van der Waals surface area contributed by atoms with Crippen LogP contribution in [-0.2, 0) is 0 Å². The largest absolute Gasteiger partial charge is 0.337 e. The molecule has 1 saturated heterocycles. The van der Waals surface area contributed by atoms with Crippen molar-refractivity contribution >= 4 is 28.6 Å². The molecule has 4 nitrogen and oxygen atoms in total. The maximum atomic E-state index is 13.1. The number of carbonyl (C=O) groups is 1. The Balaban J connectivity index is 1.85. The van der Waals surface area contributed by atoms with E-state index in [-0.39, 0.29) is 5.91 Å². The summed E-state index contributed by atoms with van der Waals surface area (Å²) < 4.78 is 0. The molecule has 0 bridgehead atoms. The Labute approximate surface area is 144 Å². The van der Waals surface area contributed by atoms with Crippen molar-refractivity contribution < 1.29 is 4.79 Å². The third-order valence-electron chi connectivity index (χ3n) is 4.22. The molecule has 0 radical (unpaired) electrons. The Morgan fingerprint density at radius 1 is 1.04 bits per heavy atom. The molecule has 0 unspecified atom stereocenters. The number of benzene rings is 1. The maximum absolute atomic E-state index is 13.1. The first-order valence-corrected chi connectivity index (χ1v) is 9.15. The van der Waals surface area contributed by atoms with Crippen LogP contribution in [0.3, 0.4) is 0 Å². The van der Waals surface area contributed by atoms with Crippen LogP contribution in [0.4, 0.5) is 0 Å². The van der Waals surface area contributed by atoms with Crippen LogP contribution < -0.4 is 0 Å². The number of aromatic nitrogens is 2. The van der Waals surface area contributed by atoms with E-state index < -0.39 is 0 Å². The van der Waals surface area contributed by atoms with Crippen LogP contribution >= 0.6 is 11.8 Å². The zero-order chi connectivity index (χ0) is 16.4. The topological polar surface area (TPSA) is 46.1 Å². The predicted octanol–water partition coefficient (Wildman–Crippen LogP) is 3.49. The molecular weight excluding hydrogens is 318 g/mol. The molecule has 1 fully saturated rings. The van der Waals surface area contributed by atoms with Gasteiger partial charge in [-0.15, -0.1) is 0 Å². The molecule has 0 aliphatic carbocycles. The lowest BCUT2D eigenvalue weighted by Crippen LogP contribution is -2.38. The number of fused-ring (bicyclic) bond motifs is 1. The van der Waals surface area contributed by atoms with Gasteiger partial charge in [-0.05, 0) is 24.3 Å². The number of pyridine rings is 2. The number of thioether (sulfide) groups is 1. The number of carbonyl (C=O) groups excluding carboxylic acids is 1. The van der Waals surface area contributed by atoms with Crippen molar-refractivity contribution in [3.63, 3.8) is 0 Å². The minimum absolute atomic E-state index is 0.101. The van der Waals surface area contributed by atoms with Crippen molar-refractivity contribution in [2.45, 2.75) is 0 Å². The Kier molecular flexibility index (Phi) is 4.17. The van der Waals surface area contributed by atoms with Crippen LogP contribution in [0.15, 0.2) is 54.9 Å². The van der Waals surface area contributed by atoms with Gasteiger partial charge in [-0.1, -0.05) is 18.2 Å². The van der Waals surface area contributed by atoms with Crippen molar-refractivity contribution in [1.82, 2.24) is 14.9 Å². The maximum Gasteiger partial charge on any atom is 0.254 e. The minimum Gasteiger partial charge on any atom is -0.337 e. The normalized spacial score (nSPS) is 14.8. The molecule has 3 aromatic rings. The fraction of sp³-hybridized carbons (Fsp3) is 0.211. The zero-order valence-electron chi connectivity index (χ0n) is 13.2. The zero-order valence-corrected chi connectivity index (χ0v) is 14.0. The molecule has 0 saturated carbocycles. The number of rotatable bonds is 2. The number of para-hydroxylation sites is 1. The molecule has 120 valence electrons. The third-order valence-corrected chi connectivity index (χ3v) is 5.16. The van der Waals surface area contributed by atoms with Crippen LogP contribution in [0.2, 0.25) is 0 Å². The highest BCUT2D eigenvalue weighted by Crippen LogP contribution is 2.26. The van der Waals surface area contributed by atoms with Crippen molar-refractivity contribution in [1.29, 1.82) is 0 Å². The van der Waals surface area contributed by atoms with Gasteiger partial charge in [0.2, 0.25) is 0 Å². The van der Waals surface area contributed by atoms with Crippen molar-refractivity contribution in [3.05, 3.63) is 60.4 Å². The van der Waals surface area contributed by atoms with E-state index in [1.807, 2.05) is 59.1 Å². The lowest BCUT2D eigenvalue weighted by Gasteiger charge is -2.27. The molecular formula is C19H17N3OS. The second kappa shape index (κ2) is 6.61. The third kappa shape index (κ3) is 2.87. The fourth-order valence-electron chi connectivity index (χ4n) is 2.96. The molecule has 1 aliphatic heterocycles. The Morgan fingerprint density at radius 3 is 2.58 bits per heavy atom. The van der Waals surface area contributed by atoms with Gasteiger partial charge in [0, 0.05) is 47.9 Å².